The van der Waals surface area contributed by atoms with E-state index >= 15 is 0 Å². The highest BCUT2D eigenvalue weighted by atomic mass is 16.5. The SMILES string of the molecule is COc1cc(C)c(/C(O)=C2\C(=O)C(=O)N(c3ccc(N4CCN(C)CC4)cc3)C2c2cccc(C)c2)cc1C(C)C. The Morgan fingerprint density at radius 2 is 1.59 bits per heavy atom. The molecule has 1 atom stereocenters. The van der Waals surface area contributed by atoms with Crippen LogP contribution in [0.15, 0.2) is 66.2 Å². The highest BCUT2D eigenvalue weighted by Crippen LogP contribution is 2.44. The maximum Gasteiger partial charge on any atom is 0.300 e. The van der Waals surface area contributed by atoms with E-state index in [9.17, 15) is 14.7 Å². The highest BCUT2D eigenvalue weighted by Gasteiger charge is 2.47. The molecule has 3 aromatic carbocycles. The minimum Gasteiger partial charge on any atom is -0.507 e. The molecule has 7 nitrogen and oxygen atoms in total. The average Bonchev–Trinajstić information content (AvgIpc) is 3.22. The number of piperazine rings is 1. The number of carbonyl (C=O) groups is 2. The largest absolute Gasteiger partial charge is 0.507 e. The third-order valence-corrected chi connectivity index (χ3v) is 8.25. The van der Waals surface area contributed by atoms with Crippen molar-refractivity contribution in [2.75, 3.05) is 50.1 Å². The summed E-state index contributed by atoms with van der Waals surface area (Å²) in [6, 6.07) is 18.6. The molecule has 41 heavy (non-hydrogen) atoms. The number of Topliss-reactive ketones (excluding diaryl/α,β-unsaturated/α-hetero) is 1. The van der Waals surface area contributed by atoms with Crippen LogP contribution in [0.4, 0.5) is 11.4 Å². The zero-order chi connectivity index (χ0) is 29.4. The predicted octanol–water partition coefficient (Wildman–Crippen LogP) is 5.81. The Labute approximate surface area is 242 Å². The molecule has 0 aromatic heterocycles. The summed E-state index contributed by atoms with van der Waals surface area (Å²) in [6.45, 7) is 11.8. The van der Waals surface area contributed by atoms with E-state index in [1.165, 1.54) is 4.90 Å². The van der Waals surface area contributed by atoms with Gasteiger partial charge in [0.05, 0.1) is 18.7 Å². The first kappa shape index (κ1) is 28.4. The Morgan fingerprint density at radius 1 is 0.927 bits per heavy atom. The molecule has 1 unspecified atom stereocenters. The van der Waals surface area contributed by atoms with Gasteiger partial charge in [-0.2, -0.15) is 0 Å². The maximum absolute atomic E-state index is 13.7. The number of benzene rings is 3. The lowest BCUT2D eigenvalue weighted by Gasteiger charge is -2.34. The smallest absolute Gasteiger partial charge is 0.300 e. The van der Waals surface area contributed by atoms with Crippen molar-refractivity contribution in [3.05, 3.63) is 94.1 Å². The number of methoxy groups -OCH3 is 1. The number of amides is 1. The molecule has 3 aromatic rings. The van der Waals surface area contributed by atoms with E-state index in [0.717, 1.165) is 59.9 Å². The van der Waals surface area contributed by atoms with Gasteiger partial charge in [0, 0.05) is 43.1 Å². The lowest BCUT2D eigenvalue weighted by atomic mass is 9.90. The van der Waals surface area contributed by atoms with Crippen LogP contribution in [-0.2, 0) is 9.59 Å². The van der Waals surface area contributed by atoms with Crippen LogP contribution in [0.2, 0.25) is 0 Å². The summed E-state index contributed by atoms with van der Waals surface area (Å²) in [4.78, 5) is 33.6. The van der Waals surface area contributed by atoms with Crippen molar-refractivity contribution >= 4 is 28.8 Å². The molecule has 0 spiro atoms. The summed E-state index contributed by atoms with van der Waals surface area (Å²) < 4.78 is 5.59. The number of aliphatic hydroxyl groups excluding tert-OH is 1. The summed E-state index contributed by atoms with van der Waals surface area (Å²) in [7, 11) is 3.75. The van der Waals surface area contributed by atoms with E-state index in [-0.39, 0.29) is 17.3 Å². The number of nitrogens with zero attached hydrogens (tertiary/aromatic N) is 3. The van der Waals surface area contributed by atoms with Crippen LogP contribution >= 0.6 is 0 Å². The van der Waals surface area contributed by atoms with Gasteiger partial charge in [0.1, 0.15) is 11.5 Å². The molecule has 1 N–H and O–H groups in total. The molecule has 5 rings (SSSR count). The minimum atomic E-state index is -0.770. The second-order valence-corrected chi connectivity index (χ2v) is 11.5. The first-order valence-electron chi connectivity index (χ1n) is 14.2. The van der Waals surface area contributed by atoms with Crippen molar-refractivity contribution in [1.82, 2.24) is 4.90 Å². The number of anilines is 2. The molecule has 2 aliphatic rings. The van der Waals surface area contributed by atoms with Gasteiger partial charge in [0.2, 0.25) is 0 Å². The third-order valence-electron chi connectivity index (χ3n) is 8.25. The van der Waals surface area contributed by atoms with E-state index in [1.54, 1.807) is 7.11 Å². The number of likely N-dealkylation sites (N-methyl/N-ethyl adjacent to an activating group) is 1. The lowest BCUT2D eigenvalue weighted by molar-refractivity contribution is -0.132. The van der Waals surface area contributed by atoms with Crippen molar-refractivity contribution in [1.29, 1.82) is 0 Å². The number of ketones is 1. The van der Waals surface area contributed by atoms with Crippen LogP contribution in [0.1, 0.15) is 53.6 Å². The van der Waals surface area contributed by atoms with Crippen LogP contribution in [0.5, 0.6) is 5.75 Å². The Hall–Kier alpha value is -4.10. The first-order chi connectivity index (χ1) is 19.6. The van der Waals surface area contributed by atoms with E-state index in [1.807, 2.05) is 74.5 Å². The van der Waals surface area contributed by atoms with E-state index in [4.69, 9.17) is 4.74 Å². The molecule has 2 fully saturated rings. The van der Waals surface area contributed by atoms with E-state index < -0.39 is 17.7 Å². The van der Waals surface area contributed by atoms with Crippen molar-refractivity contribution in [2.45, 2.75) is 39.7 Å². The van der Waals surface area contributed by atoms with Crippen molar-refractivity contribution in [2.24, 2.45) is 0 Å². The Balaban J connectivity index is 1.63. The molecule has 2 saturated heterocycles. The van der Waals surface area contributed by atoms with Crippen molar-refractivity contribution in [3.63, 3.8) is 0 Å². The van der Waals surface area contributed by atoms with Crippen molar-refractivity contribution in [3.8, 4) is 5.75 Å². The molecule has 7 heteroatoms. The predicted molar refractivity (Wildman–Crippen MR) is 164 cm³/mol. The molecule has 214 valence electrons. The molecule has 1 amide bonds. The van der Waals surface area contributed by atoms with E-state index in [0.29, 0.717) is 11.3 Å². The zero-order valence-electron chi connectivity index (χ0n) is 24.8. The van der Waals surface area contributed by atoms with Gasteiger partial charge in [-0.3, -0.25) is 14.5 Å². The van der Waals surface area contributed by atoms with Gasteiger partial charge >= 0.3 is 0 Å². The lowest BCUT2D eigenvalue weighted by Crippen LogP contribution is -2.44. The van der Waals surface area contributed by atoms with E-state index in [2.05, 4.69) is 30.7 Å². The highest BCUT2D eigenvalue weighted by molar-refractivity contribution is 6.51. The molecule has 0 bridgehead atoms. The quantitative estimate of drug-likeness (QED) is 0.236. The Bertz CT molecular complexity index is 1500. The second-order valence-electron chi connectivity index (χ2n) is 11.5. The minimum absolute atomic E-state index is 0.0896. The number of aliphatic hydroxyl groups is 1. The number of ether oxygens (including phenoxy) is 1. The first-order valence-corrected chi connectivity index (χ1v) is 14.2. The molecular formula is C34H39N3O4. The topological polar surface area (TPSA) is 73.3 Å². The number of aryl methyl sites for hydroxylation is 2. The summed E-state index contributed by atoms with van der Waals surface area (Å²) >= 11 is 0. The van der Waals surface area contributed by atoms with Gasteiger partial charge in [0.25, 0.3) is 11.7 Å². The number of hydrogen-bond acceptors (Lipinski definition) is 6. The molecule has 0 radical (unpaired) electrons. The van der Waals surface area contributed by atoms with Crippen LogP contribution < -0.4 is 14.5 Å². The fraction of sp³-hybridized carbons (Fsp3) is 0.353. The Morgan fingerprint density at radius 3 is 2.20 bits per heavy atom. The second kappa shape index (κ2) is 11.4. The van der Waals surface area contributed by atoms with Crippen LogP contribution in [0.25, 0.3) is 5.76 Å². The normalized spacial score (nSPS) is 19.3. The van der Waals surface area contributed by atoms with Gasteiger partial charge < -0.3 is 19.6 Å². The van der Waals surface area contributed by atoms with Gasteiger partial charge in [-0.15, -0.1) is 0 Å². The summed E-state index contributed by atoms with van der Waals surface area (Å²) in [5.74, 6) is -0.663. The zero-order valence-corrected chi connectivity index (χ0v) is 24.8. The molecule has 2 heterocycles. The number of rotatable bonds is 6. The molecule has 0 saturated carbocycles. The monoisotopic (exact) mass is 553 g/mol. The fourth-order valence-corrected chi connectivity index (χ4v) is 5.87. The van der Waals surface area contributed by atoms with Crippen LogP contribution in [0, 0.1) is 13.8 Å². The average molecular weight is 554 g/mol. The molecule has 0 aliphatic carbocycles. The number of carbonyl (C=O) groups excluding carboxylic acids is 2. The van der Waals surface area contributed by atoms with Gasteiger partial charge in [-0.25, -0.2) is 0 Å². The van der Waals surface area contributed by atoms with Gasteiger partial charge in [-0.05, 0) is 79.9 Å². The van der Waals surface area contributed by atoms with Gasteiger partial charge in [0.15, 0.2) is 0 Å². The third kappa shape index (κ3) is 5.34. The summed E-state index contributed by atoms with van der Waals surface area (Å²) in [6.07, 6.45) is 0. The summed E-state index contributed by atoms with van der Waals surface area (Å²) in [5.41, 5.74) is 5.76. The number of hydrogen-bond donors (Lipinski definition) is 1. The van der Waals surface area contributed by atoms with Crippen molar-refractivity contribution < 1.29 is 19.4 Å². The van der Waals surface area contributed by atoms with Gasteiger partial charge in [-0.1, -0.05) is 43.7 Å². The molecule has 2 aliphatic heterocycles. The van der Waals surface area contributed by atoms with Crippen LogP contribution in [0.3, 0.4) is 0 Å². The summed E-state index contributed by atoms with van der Waals surface area (Å²) in [5, 5.41) is 11.8. The maximum atomic E-state index is 13.7. The fourth-order valence-electron chi connectivity index (χ4n) is 5.87. The Kier molecular flexibility index (Phi) is 7.91. The van der Waals surface area contributed by atoms with Crippen LogP contribution in [-0.4, -0.2) is 62.0 Å². The molecular weight excluding hydrogens is 514 g/mol. The standard InChI is InChI=1S/C34H39N3O4/c1-21(2)27-20-28(23(4)19-29(27)41-6)32(38)30-31(24-9-7-8-22(3)18-24)37(34(40)33(30)39)26-12-10-25(11-13-26)36-16-14-35(5)15-17-36/h7-13,18-21,31,38H,14-17H2,1-6H3/b32-30+.